The number of aromatic nitrogens is 2. The number of likely N-dealkylation sites (tertiary alicyclic amines) is 1. The topological polar surface area (TPSA) is 102 Å². The largest absolute Gasteiger partial charge is 0.436 e. The molecule has 3 N–H and O–H groups in total. The fourth-order valence-corrected chi connectivity index (χ4v) is 4.43. The minimum Gasteiger partial charge on any atom is -0.436 e. The van der Waals surface area contributed by atoms with Crippen LogP contribution in [0.5, 0.6) is 0 Å². The molecule has 3 aliphatic rings. The van der Waals surface area contributed by atoms with E-state index < -0.39 is 17.5 Å². The number of nitrogens with zero attached hydrogens (tertiary/aromatic N) is 3. The Kier molecular flexibility index (Phi) is 4.05. The molecule has 10 heteroatoms. The molecule has 1 spiro atoms. The van der Waals surface area contributed by atoms with Gasteiger partial charge in [0, 0.05) is 24.4 Å². The van der Waals surface area contributed by atoms with Crippen molar-refractivity contribution < 1.29 is 18.7 Å². The maximum Gasteiger partial charge on any atom is 0.412 e. The molecule has 5 rings (SSSR count). The molecule has 1 saturated heterocycles. The maximum atomic E-state index is 14.9. The van der Waals surface area contributed by atoms with Gasteiger partial charge in [0.05, 0.1) is 28.5 Å². The third kappa shape index (κ3) is 2.91. The van der Waals surface area contributed by atoms with Gasteiger partial charge in [-0.25, -0.2) is 13.9 Å². The van der Waals surface area contributed by atoms with Gasteiger partial charge in [0.25, 0.3) is 0 Å². The molecule has 1 saturated carbocycles. The SMILES string of the molecule is CC1(c2cc(N)n(CC(=O)N3CC[C@@]4(C3)OC(=O)Nc3ccc(Cl)c(F)c34)n2)CC1. The number of nitrogens with two attached hydrogens (primary N) is 1. The van der Waals surface area contributed by atoms with E-state index in [0.717, 1.165) is 18.5 Å². The second kappa shape index (κ2) is 6.34. The number of fused-ring (bicyclic) bond motifs is 2. The summed E-state index contributed by atoms with van der Waals surface area (Å²) in [5, 5.41) is 6.94. The molecule has 1 atom stereocenters. The van der Waals surface area contributed by atoms with Crippen LogP contribution in [0, 0.1) is 5.82 Å². The molecule has 1 aliphatic carbocycles. The second-order valence-corrected chi connectivity index (χ2v) is 8.94. The van der Waals surface area contributed by atoms with Gasteiger partial charge in [0.15, 0.2) is 11.4 Å². The van der Waals surface area contributed by atoms with Gasteiger partial charge in [-0.1, -0.05) is 18.5 Å². The molecule has 0 unspecified atom stereocenters. The van der Waals surface area contributed by atoms with Crippen LogP contribution >= 0.6 is 11.6 Å². The van der Waals surface area contributed by atoms with Gasteiger partial charge >= 0.3 is 6.09 Å². The van der Waals surface area contributed by atoms with Crippen molar-refractivity contribution in [1.29, 1.82) is 0 Å². The van der Waals surface area contributed by atoms with Crippen LogP contribution in [0.2, 0.25) is 5.02 Å². The number of hydrogen-bond acceptors (Lipinski definition) is 5. The molecule has 158 valence electrons. The zero-order chi connectivity index (χ0) is 21.3. The number of amides is 2. The van der Waals surface area contributed by atoms with Crippen molar-refractivity contribution in [2.75, 3.05) is 24.1 Å². The number of halogens is 2. The molecule has 2 aromatic rings. The second-order valence-electron chi connectivity index (χ2n) is 8.53. The van der Waals surface area contributed by atoms with E-state index in [4.69, 9.17) is 22.1 Å². The number of anilines is 2. The highest BCUT2D eigenvalue weighted by atomic mass is 35.5. The van der Waals surface area contributed by atoms with Gasteiger partial charge < -0.3 is 15.4 Å². The van der Waals surface area contributed by atoms with Crippen LogP contribution in [0.1, 0.15) is 37.4 Å². The Balaban J connectivity index is 1.39. The average Bonchev–Trinajstić information content (AvgIpc) is 3.13. The molecule has 0 bridgehead atoms. The fourth-order valence-electron chi connectivity index (χ4n) is 4.27. The lowest BCUT2D eigenvalue weighted by molar-refractivity contribution is -0.132. The van der Waals surface area contributed by atoms with E-state index in [-0.39, 0.29) is 41.4 Å². The molecule has 2 fully saturated rings. The molecule has 0 radical (unpaired) electrons. The number of ether oxygens (including phenoxy) is 1. The highest BCUT2D eigenvalue weighted by Crippen LogP contribution is 2.47. The normalized spacial score (nSPS) is 23.8. The van der Waals surface area contributed by atoms with Crippen molar-refractivity contribution in [2.24, 2.45) is 0 Å². The van der Waals surface area contributed by atoms with E-state index in [9.17, 15) is 14.0 Å². The number of nitrogens with one attached hydrogen (secondary N) is 1. The Morgan fingerprint density at radius 3 is 2.90 bits per heavy atom. The molecule has 1 aromatic heterocycles. The first kappa shape index (κ1) is 19.2. The molecular formula is C20H21ClFN5O3. The van der Waals surface area contributed by atoms with Gasteiger partial charge in [-0.2, -0.15) is 5.10 Å². The predicted molar refractivity (Wildman–Crippen MR) is 108 cm³/mol. The summed E-state index contributed by atoms with van der Waals surface area (Å²) in [6, 6.07) is 4.73. The lowest BCUT2D eigenvalue weighted by atomic mass is 9.89. The molecule has 2 aliphatic heterocycles. The Morgan fingerprint density at radius 2 is 2.17 bits per heavy atom. The van der Waals surface area contributed by atoms with Crippen molar-refractivity contribution in [3.8, 4) is 0 Å². The van der Waals surface area contributed by atoms with E-state index in [1.54, 1.807) is 4.90 Å². The van der Waals surface area contributed by atoms with E-state index in [1.807, 2.05) is 6.07 Å². The van der Waals surface area contributed by atoms with Crippen molar-refractivity contribution >= 4 is 35.1 Å². The smallest absolute Gasteiger partial charge is 0.412 e. The van der Waals surface area contributed by atoms with Gasteiger partial charge in [-0.15, -0.1) is 0 Å². The van der Waals surface area contributed by atoms with Crippen molar-refractivity contribution in [1.82, 2.24) is 14.7 Å². The summed E-state index contributed by atoms with van der Waals surface area (Å²) < 4.78 is 21.9. The molecule has 1 aromatic carbocycles. The molecular weight excluding hydrogens is 413 g/mol. The minimum atomic E-state index is -1.27. The van der Waals surface area contributed by atoms with Crippen LogP contribution in [0.3, 0.4) is 0 Å². The van der Waals surface area contributed by atoms with Crippen LogP contribution in [-0.2, 0) is 27.1 Å². The lowest BCUT2D eigenvalue weighted by Gasteiger charge is -2.35. The average molecular weight is 434 g/mol. The minimum absolute atomic E-state index is 0.0327. The maximum absolute atomic E-state index is 14.9. The van der Waals surface area contributed by atoms with E-state index in [2.05, 4.69) is 17.3 Å². The quantitative estimate of drug-likeness (QED) is 0.774. The third-order valence-corrected chi connectivity index (χ3v) is 6.67. The Hall–Kier alpha value is -2.81. The monoisotopic (exact) mass is 433 g/mol. The van der Waals surface area contributed by atoms with E-state index >= 15 is 0 Å². The molecule has 2 amide bonds. The van der Waals surface area contributed by atoms with Crippen molar-refractivity contribution in [3.05, 3.63) is 40.3 Å². The Bertz CT molecular complexity index is 1080. The highest BCUT2D eigenvalue weighted by molar-refractivity contribution is 6.31. The number of benzene rings is 1. The number of carbonyl (C=O) groups is 2. The number of nitrogen functional groups attached to an aromatic ring is 1. The first-order chi connectivity index (χ1) is 14.2. The molecule has 8 nitrogen and oxygen atoms in total. The summed E-state index contributed by atoms with van der Waals surface area (Å²) in [5.74, 6) is -0.452. The first-order valence-electron chi connectivity index (χ1n) is 9.81. The lowest BCUT2D eigenvalue weighted by Crippen LogP contribution is -2.44. The summed E-state index contributed by atoms with van der Waals surface area (Å²) in [7, 11) is 0. The highest BCUT2D eigenvalue weighted by Gasteiger charge is 2.50. The van der Waals surface area contributed by atoms with Gasteiger partial charge in [0.2, 0.25) is 5.91 Å². The fraction of sp³-hybridized carbons (Fsp3) is 0.450. The van der Waals surface area contributed by atoms with Crippen molar-refractivity contribution in [2.45, 2.75) is 43.7 Å². The third-order valence-electron chi connectivity index (χ3n) is 6.37. The van der Waals surface area contributed by atoms with E-state index in [1.165, 1.54) is 16.8 Å². The number of rotatable bonds is 3. The summed E-state index contributed by atoms with van der Waals surface area (Å²) in [6.07, 6.45) is 1.70. The Morgan fingerprint density at radius 1 is 1.40 bits per heavy atom. The van der Waals surface area contributed by atoms with Gasteiger partial charge in [0.1, 0.15) is 12.4 Å². The van der Waals surface area contributed by atoms with Crippen molar-refractivity contribution in [3.63, 3.8) is 0 Å². The van der Waals surface area contributed by atoms with Crippen LogP contribution in [-0.4, -0.2) is 39.8 Å². The summed E-state index contributed by atoms with van der Waals surface area (Å²) in [4.78, 5) is 26.6. The predicted octanol–water partition coefficient (Wildman–Crippen LogP) is 3.00. The van der Waals surface area contributed by atoms with Gasteiger partial charge in [-0.05, 0) is 25.0 Å². The van der Waals surface area contributed by atoms with Crippen LogP contribution in [0.15, 0.2) is 18.2 Å². The zero-order valence-electron chi connectivity index (χ0n) is 16.4. The molecule has 30 heavy (non-hydrogen) atoms. The molecule has 3 heterocycles. The van der Waals surface area contributed by atoms with Crippen LogP contribution in [0.4, 0.5) is 20.7 Å². The number of carbonyl (C=O) groups excluding carboxylic acids is 2. The van der Waals surface area contributed by atoms with Crippen LogP contribution in [0.25, 0.3) is 0 Å². The first-order valence-corrected chi connectivity index (χ1v) is 10.2. The Labute approximate surface area is 177 Å². The number of hydrogen-bond donors (Lipinski definition) is 2. The standard InChI is InChI=1S/C20H21ClFN5O3/c1-19(4-5-19)13-8-14(23)27(25-13)9-15(28)26-7-6-20(10-26)16-12(24-18(29)30-20)3-2-11(21)17(16)22/h2-3,8H,4-7,9-10,23H2,1H3,(H,24,29)/t20-/m0/s1. The summed E-state index contributed by atoms with van der Waals surface area (Å²) in [5.41, 5.74) is 6.20. The summed E-state index contributed by atoms with van der Waals surface area (Å²) >= 11 is 5.96. The zero-order valence-corrected chi connectivity index (χ0v) is 17.1. The van der Waals surface area contributed by atoms with E-state index in [0.29, 0.717) is 18.1 Å². The summed E-state index contributed by atoms with van der Waals surface area (Å²) in [6.45, 7) is 2.43. The van der Waals surface area contributed by atoms with Crippen LogP contribution < -0.4 is 11.1 Å². The van der Waals surface area contributed by atoms with Gasteiger partial charge in [-0.3, -0.25) is 10.1 Å².